The molecule has 88 valence electrons. The molecule has 1 rings (SSSR count). The van der Waals surface area contributed by atoms with Crippen molar-refractivity contribution >= 4 is 11.8 Å². The lowest BCUT2D eigenvalue weighted by molar-refractivity contribution is -0.142. The van der Waals surface area contributed by atoms with E-state index in [0.717, 1.165) is 0 Å². The molecule has 0 aliphatic rings. The van der Waals surface area contributed by atoms with Gasteiger partial charge in [-0.15, -0.1) is 0 Å². The number of rotatable bonds is 5. The van der Waals surface area contributed by atoms with E-state index in [4.69, 9.17) is 4.42 Å². The fourth-order valence-electron chi connectivity index (χ4n) is 1.25. The number of carbonyl (C=O) groups excluding carboxylic acids is 2. The Labute approximate surface area is 93.0 Å². The number of furan rings is 1. The Kier molecular flexibility index (Phi) is 4.25. The van der Waals surface area contributed by atoms with Gasteiger partial charge in [-0.1, -0.05) is 0 Å². The number of Topliss-reactive ketones (excluding diaryl/α,β-unsaturated/α-hetero) is 1. The number of methoxy groups -OCH3 is 1. The summed E-state index contributed by atoms with van der Waals surface area (Å²) < 4.78 is 9.48. The van der Waals surface area contributed by atoms with Crippen LogP contribution in [0.15, 0.2) is 16.5 Å². The van der Waals surface area contributed by atoms with E-state index in [9.17, 15) is 14.7 Å². The van der Waals surface area contributed by atoms with Crippen LogP contribution in [-0.2, 0) is 9.53 Å². The summed E-state index contributed by atoms with van der Waals surface area (Å²) in [4.78, 5) is 22.4. The summed E-state index contributed by atoms with van der Waals surface area (Å²) in [5.41, 5.74) is 0. The molecule has 1 N–H and O–H groups in total. The largest absolute Gasteiger partial charge is 0.469 e. The molecule has 0 aliphatic carbocycles. The van der Waals surface area contributed by atoms with Gasteiger partial charge in [0.05, 0.1) is 19.6 Å². The van der Waals surface area contributed by atoms with Crippen LogP contribution >= 0.6 is 0 Å². The summed E-state index contributed by atoms with van der Waals surface area (Å²) in [6.07, 6.45) is -1.38. The Bertz CT molecular complexity index is 379. The number of aliphatic hydroxyl groups is 1. The second-order valence-corrected chi connectivity index (χ2v) is 3.47. The first-order valence-electron chi connectivity index (χ1n) is 4.87. The third-order valence-corrected chi connectivity index (χ3v) is 2.07. The Morgan fingerprint density at radius 3 is 2.62 bits per heavy atom. The second-order valence-electron chi connectivity index (χ2n) is 3.47. The van der Waals surface area contributed by atoms with Crippen LogP contribution in [0.2, 0.25) is 0 Å². The van der Waals surface area contributed by atoms with Crippen LogP contribution < -0.4 is 0 Å². The molecule has 0 saturated heterocycles. The van der Waals surface area contributed by atoms with Crippen LogP contribution in [-0.4, -0.2) is 30.1 Å². The molecule has 1 unspecified atom stereocenters. The predicted octanol–water partition coefficient (Wildman–Crippen LogP) is 1.08. The van der Waals surface area contributed by atoms with Gasteiger partial charge < -0.3 is 14.3 Å². The number of esters is 1. The monoisotopic (exact) mass is 226 g/mol. The molecule has 0 saturated carbocycles. The zero-order valence-corrected chi connectivity index (χ0v) is 9.23. The minimum Gasteiger partial charge on any atom is -0.469 e. The molecule has 0 spiro atoms. The standard InChI is InChI=1S/C11H14O5/c1-7-3-4-10(16-7)9(13)5-8(12)6-11(14)15-2/h3-4,8,12H,5-6H2,1-2H3. The average Bonchev–Trinajstić information content (AvgIpc) is 2.64. The zero-order valence-electron chi connectivity index (χ0n) is 9.23. The van der Waals surface area contributed by atoms with Gasteiger partial charge in [0, 0.05) is 6.42 Å². The lowest BCUT2D eigenvalue weighted by atomic mass is 10.1. The molecule has 0 amide bonds. The predicted molar refractivity (Wildman–Crippen MR) is 55.0 cm³/mol. The molecule has 0 radical (unpaired) electrons. The van der Waals surface area contributed by atoms with Gasteiger partial charge in [0.25, 0.3) is 0 Å². The summed E-state index contributed by atoms with van der Waals surface area (Å²) in [7, 11) is 1.23. The van der Waals surface area contributed by atoms with E-state index in [1.807, 2.05) is 0 Å². The number of hydrogen-bond donors (Lipinski definition) is 1. The summed E-state index contributed by atoms with van der Waals surface area (Å²) >= 11 is 0. The summed E-state index contributed by atoms with van der Waals surface area (Å²) in [5, 5.41) is 9.43. The maximum absolute atomic E-state index is 11.5. The summed E-state index contributed by atoms with van der Waals surface area (Å²) in [5.74, 6) is -0.0485. The van der Waals surface area contributed by atoms with E-state index in [1.54, 1.807) is 19.1 Å². The molecule has 0 bridgehead atoms. The van der Waals surface area contributed by atoms with Gasteiger partial charge in [0.15, 0.2) is 5.76 Å². The molecule has 0 aliphatic heterocycles. The fourth-order valence-corrected chi connectivity index (χ4v) is 1.25. The molecular formula is C11H14O5. The van der Waals surface area contributed by atoms with Gasteiger partial charge in [-0.3, -0.25) is 9.59 Å². The molecule has 5 nitrogen and oxygen atoms in total. The third kappa shape index (κ3) is 3.51. The highest BCUT2D eigenvalue weighted by Gasteiger charge is 2.18. The van der Waals surface area contributed by atoms with Crippen molar-refractivity contribution in [2.45, 2.75) is 25.9 Å². The highest BCUT2D eigenvalue weighted by molar-refractivity contribution is 5.94. The smallest absolute Gasteiger partial charge is 0.308 e. The van der Waals surface area contributed by atoms with Gasteiger partial charge in [0.2, 0.25) is 5.78 Å². The molecule has 1 aromatic rings. The highest BCUT2D eigenvalue weighted by atomic mass is 16.5. The summed E-state index contributed by atoms with van der Waals surface area (Å²) in [6, 6.07) is 3.21. The van der Waals surface area contributed by atoms with Crippen molar-refractivity contribution in [3.63, 3.8) is 0 Å². The van der Waals surface area contributed by atoms with E-state index in [-0.39, 0.29) is 24.4 Å². The first-order chi connectivity index (χ1) is 7.52. The molecule has 5 heteroatoms. The van der Waals surface area contributed by atoms with Crippen LogP contribution in [0.25, 0.3) is 0 Å². The number of carbonyl (C=O) groups is 2. The lowest BCUT2D eigenvalue weighted by Gasteiger charge is -2.06. The van der Waals surface area contributed by atoms with Crippen LogP contribution in [0.1, 0.15) is 29.2 Å². The molecule has 16 heavy (non-hydrogen) atoms. The first kappa shape index (κ1) is 12.4. The van der Waals surface area contributed by atoms with E-state index in [1.165, 1.54) is 7.11 Å². The van der Waals surface area contributed by atoms with Crippen molar-refractivity contribution in [3.8, 4) is 0 Å². The number of aliphatic hydroxyl groups excluding tert-OH is 1. The average molecular weight is 226 g/mol. The van der Waals surface area contributed by atoms with E-state index >= 15 is 0 Å². The van der Waals surface area contributed by atoms with Crippen molar-refractivity contribution in [2.24, 2.45) is 0 Å². The molecule has 1 heterocycles. The third-order valence-electron chi connectivity index (χ3n) is 2.07. The minimum absolute atomic E-state index is 0.151. The Balaban J connectivity index is 2.48. The van der Waals surface area contributed by atoms with Gasteiger partial charge in [-0.05, 0) is 19.1 Å². The van der Waals surface area contributed by atoms with Crippen molar-refractivity contribution in [2.75, 3.05) is 7.11 Å². The quantitative estimate of drug-likeness (QED) is 0.600. The van der Waals surface area contributed by atoms with Crippen molar-refractivity contribution < 1.29 is 23.8 Å². The molecule has 1 atom stereocenters. The van der Waals surface area contributed by atoms with Gasteiger partial charge in [0.1, 0.15) is 5.76 Å². The molecular weight excluding hydrogens is 212 g/mol. The number of hydrogen-bond acceptors (Lipinski definition) is 5. The maximum atomic E-state index is 11.5. The number of aryl methyl sites for hydroxylation is 1. The molecule has 0 fully saturated rings. The Morgan fingerprint density at radius 2 is 2.12 bits per heavy atom. The van der Waals surface area contributed by atoms with Crippen molar-refractivity contribution in [1.29, 1.82) is 0 Å². The Hall–Kier alpha value is -1.62. The summed E-state index contributed by atoms with van der Waals surface area (Å²) in [6.45, 7) is 1.72. The highest BCUT2D eigenvalue weighted by Crippen LogP contribution is 2.11. The SMILES string of the molecule is COC(=O)CC(O)CC(=O)c1ccc(C)o1. The van der Waals surface area contributed by atoms with Crippen LogP contribution in [0.4, 0.5) is 0 Å². The second kappa shape index (κ2) is 5.46. The number of ketones is 1. The normalized spacial score (nSPS) is 12.2. The van der Waals surface area contributed by atoms with Gasteiger partial charge in [-0.25, -0.2) is 0 Å². The van der Waals surface area contributed by atoms with E-state index < -0.39 is 12.1 Å². The van der Waals surface area contributed by atoms with Gasteiger partial charge >= 0.3 is 5.97 Å². The van der Waals surface area contributed by atoms with Crippen molar-refractivity contribution in [3.05, 3.63) is 23.7 Å². The van der Waals surface area contributed by atoms with Crippen molar-refractivity contribution in [1.82, 2.24) is 0 Å². The fraction of sp³-hybridized carbons (Fsp3) is 0.455. The zero-order chi connectivity index (χ0) is 12.1. The van der Waals surface area contributed by atoms with E-state index in [2.05, 4.69) is 4.74 Å². The molecule has 0 aromatic carbocycles. The van der Waals surface area contributed by atoms with Crippen LogP contribution in [0.3, 0.4) is 0 Å². The first-order valence-corrected chi connectivity index (χ1v) is 4.87. The maximum Gasteiger partial charge on any atom is 0.308 e. The van der Waals surface area contributed by atoms with E-state index in [0.29, 0.717) is 5.76 Å². The van der Waals surface area contributed by atoms with Gasteiger partial charge in [-0.2, -0.15) is 0 Å². The minimum atomic E-state index is -1.04. The topological polar surface area (TPSA) is 76.7 Å². The number of ether oxygens (including phenoxy) is 1. The van der Waals surface area contributed by atoms with Crippen LogP contribution in [0.5, 0.6) is 0 Å². The molecule has 1 aromatic heterocycles. The lowest BCUT2D eigenvalue weighted by Crippen LogP contribution is -2.18. The van der Waals surface area contributed by atoms with Crippen LogP contribution in [0, 0.1) is 6.92 Å². The Morgan fingerprint density at radius 1 is 1.44 bits per heavy atom.